The van der Waals surface area contributed by atoms with Crippen molar-refractivity contribution in [3.05, 3.63) is 61.9 Å². The van der Waals surface area contributed by atoms with Crippen LogP contribution in [0.25, 0.3) is 62.5 Å². The van der Waals surface area contributed by atoms with Crippen LogP contribution in [-0.4, -0.2) is 13.8 Å². The molecule has 5 nitrogen and oxygen atoms in total. The molecule has 8 aromatic heterocycles. The summed E-state index contributed by atoms with van der Waals surface area (Å²) in [5.41, 5.74) is 4.22. The molecule has 136 valence electrons. The molecule has 0 N–H and O–H groups in total. The zero-order chi connectivity index (χ0) is 19.0. The van der Waals surface area contributed by atoms with E-state index in [1.54, 1.807) is 37.7 Å². The van der Waals surface area contributed by atoms with Crippen LogP contribution in [0.15, 0.2) is 50.8 Å². The fraction of sp³-hybridized carbons (Fsp3) is 0. The average Bonchev–Trinajstić information content (AvgIpc) is 3.48. The molecule has 0 bridgehead atoms. The van der Waals surface area contributed by atoms with Gasteiger partial charge in [0, 0.05) is 17.0 Å². The molecule has 0 aliphatic carbocycles. The monoisotopic (exact) mass is 429 g/mol. The normalized spacial score (nSPS) is 13.1. The first-order chi connectivity index (χ1) is 14.2. The Kier molecular flexibility index (Phi) is 2.34. The predicted octanol–water partition coefficient (Wildman–Crippen LogP) is 5.13. The highest BCUT2D eigenvalue weighted by Crippen LogP contribution is 2.42. The van der Waals surface area contributed by atoms with E-state index in [2.05, 4.69) is 11.1 Å². The Morgan fingerprint density at radius 2 is 1.45 bits per heavy atom. The summed E-state index contributed by atoms with van der Waals surface area (Å²) in [6.07, 6.45) is 1.68. The third-order valence-corrected chi connectivity index (χ3v) is 8.80. The molecule has 0 saturated heterocycles. The van der Waals surface area contributed by atoms with Gasteiger partial charge in [-0.3, -0.25) is 23.4 Å². The second-order valence-electron chi connectivity index (χ2n) is 7.21. The Labute approximate surface area is 172 Å². The molecule has 0 saturated carbocycles. The molecule has 0 amide bonds. The molecule has 0 atom stereocenters. The van der Waals surface area contributed by atoms with Gasteiger partial charge in [0.2, 0.25) is 0 Å². The summed E-state index contributed by atoms with van der Waals surface area (Å²) in [5, 5.41) is 6.27. The summed E-state index contributed by atoms with van der Waals surface area (Å²) < 4.78 is 7.33. The highest BCUT2D eigenvalue weighted by atomic mass is 32.1. The Morgan fingerprint density at radius 3 is 2.21 bits per heavy atom. The standard InChI is InChI=1S/C21H7N3O2S3/c25-20-8-7-22-17-11-5-13-9(1-3-27-13)23(11)21(26)19-16(17)15(8)18(29-19)12-6-14-10(24(12)20)2-4-28-14/h1-7H. The van der Waals surface area contributed by atoms with Gasteiger partial charge in [0.15, 0.2) is 0 Å². The van der Waals surface area contributed by atoms with Crippen LogP contribution >= 0.6 is 34.0 Å². The van der Waals surface area contributed by atoms with Crippen LogP contribution in [0.1, 0.15) is 0 Å². The number of pyridine rings is 3. The van der Waals surface area contributed by atoms with Gasteiger partial charge in [-0.05, 0) is 35.0 Å². The predicted molar refractivity (Wildman–Crippen MR) is 122 cm³/mol. The van der Waals surface area contributed by atoms with E-state index in [1.807, 2.05) is 29.0 Å². The lowest BCUT2D eigenvalue weighted by atomic mass is 10.1. The second-order valence-corrected chi connectivity index (χ2v) is 10.1. The summed E-state index contributed by atoms with van der Waals surface area (Å²) in [6, 6.07) is 8.05. The first kappa shape index (κ1) is 14.9. The van der Waals surface area contributed by atoms with Crippen molar-refractivity contribution >= 4 is 96.6 Å². The lowest BCUT2D eigenvalue weighted by Crippen LogP contribution is -2.14. The molecule has 0 aliphatic rings. The minimum absolute atomic E-state index is 0.0321. The molecule has 0 radical (unpaired) electrons. The molecule has 8 heterocycles. The fourth-order valence-electron chi connectivity index (χ4n) is 4.71. The molecule has 0 fully saturated rings. The van der Waals surface area contributed by atoms with Crippen LogP contribution in [-0.2, 0) is 0 Å². The Hall–Kier alpha value is -3.07. The summed E-state index contributed by atoms with van der Waals surface area (Å²) in [4.78, 5) is 31.6. The zero-order valence-electron chi connectivity index (χ0n) is 14.4. The van der Waals surface area contributed by atoms with Crippen molar-refractivity contribution in [2.45, 2.75) is 0 Å². The van der Waals surface area contributed by atoms with Gasteiger partial charge in [-0.25, -0.2) is 0 Å². The third-order valence-electron chi connectivity index (χ3n) is 5.89. The topological polar surface area (TPSA) is 55.9 Å². The van der Waals surface area contributed by atoms with Crippen LogP contribution in [0.4, 0.5) is 0 Å². The largest absolute Gasteiger partial charge is 0.274 e. The number of aromatic nitrogens is 3. The number of hydrogen-bond acceptors (Lipinski definition) is 6. The minimum atomic E-state index is -0.0707. The van der Waals surface area contributed by atoms with Gasteiger partial charge in [-0.15, -0.1) is 34.0 Å². The van der Waals surface area contributed by atoms with E-state index >= 15 is 0 Å². The molecule has 8 heteroatoms. The van der Waals surface area contributed by atoms with E-state index in [1.165, 1.54) is 11.3 Å². The first-order valence-corrected chi connectivity index (χ1v) is 11.5. The number of rotatable bonds is 0. The number of fused-ring (bicyclic) bond motifs is 8. The second kappa shape index (κ2) is 4.56. The molecule has 0 unspecified atom stereocenters. The van der Waals surface area contributed by atoms with Gasteiger partial charge in [0.25, 0.3) is 11.1 Å². The van der Waals surface area contributed by atoms with Gasteiger partial charge >= 0.3 is 0 Å². The van der Waals surface area contributed by atoms with Crippen LogP contribution in [0.3, 0.4) is 0 Å². The molecule has 8 aromatic rings. The van der Waals surface area contributed by atoms with Crippen molar-refractivity contribution in [3.8, 4) is 0 Å². The van der Waals surface area contributed by atoms with Crippen LogP contribution in [0.2, 0.25) is 0 Å². The third kappa shape index (κ3) is 1.49. The molecule has 0 spiro atoms. The summed E-state index contributed by atoms with van der Waals surface area (Å²) in [7, 11) is 0. The smallest absolute Gasteiger partial charge is 0.273 e. The SMILES string of the molecule is O=c1c2sc3c4c(cnc(c24)c2cc4sccc4n12)c(=O)n1c2ccsc2cc31. The van der Waals surface area contributed by atoms with Crippen molar-refractivity contribution in [2.75, 3.05) is 0 Å². The molecule has 0 aromatic carbocycles. The quantitative estimate of drug-likeness (QED) is 0.314. The van der Waals surface area contributed by atoms with E-state index in [0.29, 0.717) is 10.1 Å². The Balaban J connectivity index is 1.79. The highest BCUT2D eigenvalue weighted by molar-refractivity contribution is 7.27. The number of nitrogens with zero attached hydrogens (tertiary/aromatic N) is 3. The van der Waals surface area contributed by atoms with E-state index in [-0.39, 0.29) is 11.1 Å². The Morgan fingerprint density at radius 1 is 0.759 bits per heavy atom. The van der Waals surface area contributed by atoms with E-state index < -0.39 is 0 Å². The van der Waals surface area contributed by atoms with Gasteiger partial charge in [-0.2, -0.15) is 0 Å². The maximum absolute atomic E-state index is 13.5. The maximum Gasteiger partial charge on any atom is 0.273 e. The maximum atomic E-state index is 13.5. The molecular formula is C21H7N3O2S3. The van der Waals surface area contributed by atoms with E-state index in [9.17, 15) is 9.59 Å². The summed E-state index contributed by atoms with van der Waals surface area (Å²) in [6.45, 7) is 0. The molecule has 29 heavy (non-hydrogen) atoms. The minimum Gasteiger partial charge on any atom is -0.274 e. The van der Waals surface area contributed by atoms with Crippen LogP contribution in [0.5, 0.6) is 0 Å². The van der Waals surface area contributed by atoms with Gasteiger partial charge in [-0.1, -0.05) is 0 Å². The van der Waals surface area contributed by atoms with E-state index in [4.69, 9.17) is 0 Å². The van der Waals surface area contributed by atoms with Crippen molar-refractivity contribution in [2.24, 2.45) is 0 Å². The average molecular weight is 430 g/mol. The summed E-state index contributed by atoms with van der Waals surface area (Å²) >= 11 is 4.71. The molecular weight excluding hydrogens is 422 g/mol. The van der Waals surface area contributed by atoms with Crippen molar-refractivity contribution < 1.29 is 0 Å². The fourth-order valence-corrected chi connectivity index (χ4v) is 7.57. The molecule has 8 rings (SSSR count). The molecule has 0 aliphatic heterocycles. The van der Waals surface area contributed by atoms with Crippen molar-refractivity contribution in [3.63, 3.8) is 0 Å². The van der Waals surface area contributed by atoms with Crippen molar-refractivity contribution in [1.29, 1.82) is 0 Å². The summed E-state index contributed by atoms with van der Waals surface area (Å²) in [5.74, 6) is 0. The highest BCUT2D eigenvalue weighted by Gasteiger charge is 2.24. The van der Waals surface area contributed by atoms with Gasteiger partial charge in [0.1, 0.15) is 4.70 Å². The van der Waals surface area contributed by atoms with E-state index in [0.717, 1.165) is 52.5 Å². The van der Waals surface area contributed by atoms with Gasteiger partial charge in [0.05, 0.1) is 47.1 Å². The zero-order valence-corrected chi connectivity index (χ0v) is 16.9. The lowest BCUT2D eigenvalue weighted by molar-refractivity contribution is 1.20. The van der Waals surface area contributed by atoms with Crippen LogP contribution in [0, 0.1) is 0 Å². The number of hydrogen-bond donors (Lipinski definition) is 0. The number of thiophene rings is 3. The lowest BCUT2D eigenvalue weighted by Gasteiger charge is -2.05. The first-order valence-electron chi connectivity index (χ1n) is 8.96. The van der Waals surface area contributed by atoms with Crippen LogP contribution < -0.4 is 11.1 Å². The van der Waals surface area contributed by atoms with Gasteiger partial charge < -0.3 is 0 Å². The van der Waals surface area contributed by atoms with Crippen molar-refractivity contribution in [1.82, 2.24) is 13.8 Å². The Bertz CT molecular complexity index is 2070.